The molecule has 1 N–H and O–H groups in total. The van der Waals surface area contributed by atoms with Crippen molar-refractivity contribution in [2.45, 2.75) is 20.4 Å². The summed E-state index contributed by atoms with van der Waals surface area (Å²) in [6.45, 7) is 9.34. The van der Waals surface area contributed by atoms with Crippen molar-refractivity contribution in [2.75, 3.05) is 38.5 Å². The maximum absolute atomic E-state index is 13.0. The van der Waals surface area contributed by atoms with Crippen molar-refractivity contribution in [2.24, 2.45) is 0 Å². The monoisotopic (exact) mass is 478 g/mol. The fourth-order valence-corrected chi connectivity index (χ4v) is 4.35. The maximum Gasteiger partial charge on any atom is 0.255 e. The molecular weight excluding hydrogens is 448 g/mol. The average Bonchev–Trinajstić information content (AvgIpc) is 3.30. The highest BCUT2D eigenvalue weighted by Gasteiger charge is 2.16. The largest absolute Gasteiger partial charge is 0.322 e. The van der Waals surface area contributed by atoms with Gasteiger partial charge in [-0.3, -0.25) is 9.69 Å². The Morgan fingerprint density at radius 3 is 2.64 bits per heavy atom. The van der Waals surface area contributed by atoms with Gasteiger partial charge in [-0.1, -0.05) is 18.1 Å². The van der Waals surface area contributed by atoms with E-state index < -0.39 is 0 Å². The minimum Gasteiger partial charge on any atom is -0.322 e. The van der Waals surface area contributed by atoms with Crippen LogP contribution >= 0.6 is 0 Å². The van der Waals surface area contributed by atoms with Gasteiger partial charge in [-0.25, -0.2) is 9.50 Å². The Hall–Kier alpha value is -3.99. The Balaban J connectivity index is 1.29. The molecule has 36 heavy (non-hydrogen) atoms. The number of amides is 1. The molecule has 5 rings (SSSR count). The van der Waals surface area contributed by atoms with E-state index >= 15 is 0 Å². The number of piperazine rings is 1. The first kappa shape index (κ1) is 23.7. The number of anilines is 1. The summed E-state index contributed by atoms with van der Waals surface area (Å²) < 4.78 is 1.71. The first-order chi connectivity index (χ1) is 17.5. The number of aryl methyl sites for hydroxylation is 2. The van der Waals surface area contributed by atoms with E-state index in [1.54, 1.807) is 16.9 Å². The van der Waals surface area contributed by atoms with Crippen LogP contribution in [0.5, 0.6) is 0 Å². The van der Waals surface area contributed by atoms with Gasteiger partial charge in [-0.2, -0.15) is 5.10 Å². The predicted molar refractivity (Wildman–Crippen MR) is 142 cm³/mol. The van der Waals surface area contributed by atoms with Crippen LogP contribution in [0.25, 0.3) is 5.65 Å². The van der Waals surface area contributed by atoms with Crippen molar-refractivity contribution < 1.29 is 4.79 Å². The van der Waals surface area contributed by atoms with Crippen molar-refractivity contribution in [3.8, 4) is 11.8 Å². The highest BCUT2D eigenvalue weighted by Crippen LogP contribution is 2.19. The lowest BCUT2D eigenvalue weighted by Crippen LogP contribution is -2.43. The number of fused-ring (bicyclic) bond motifs is 1. The Kier molecular flexibility index (Phi) is 6.81. The van der Waals surface area contributed by atoms with E-state index in [4.69, 9.17) is 0 Å². The second-order valence-electron chi connectivity index (χ2n) is 9.39. The van der Waals surface area contributed by atoms with Crippen molar-refractivity contribution in [3.63, 3.8) is 0 Å². The summed E-state index contributed by atoms with van der Waals surface area (Å²) in [6, 6.07) is 15.5. The quantitative estimate of drug-likeness (QED) is 0.453. The third-order valence-electron chi connectivity index (χ3n) is 6.69. The summed E-state index contributed by atoms with van der Waals surface area (Å²) >= 11 is 0. The van der Waals surface area contributed by atoms with E-state index in [2.05, 4.69) is 57.1 Å². The summed E-state index contributed by atoms with van der Waals surface area (Å²) in [7, 11) is 2.17. The third kappa shape index (κ3) is 5.30. The lowest BCUT2D eigenvalue weighted by atomic mass is 10.0. The molecule has 3 heterocycles. The Morgan fingerprint density at radius 2 is 1.83 bits per heavy atom. The van der Waals surface area contributed by atoms with Gasteiger partial charge in [0.15, 0.2) is 5.65 Å². The van der Waals surface area contributed by atoms with Crippen LogP contribution in [-0.4, -0.2) is 63.5 Å². The number of hydrogen-bond acceptors (Lipinski definition) is 5. The lowest BCUT2D eigenvalue weighted by Gasteiger charge is -2.32. The predicted octanol–water partition coefficient (Wildman–Crippen LogP) is 3.75. The van der Waals surface area contributed by atoms with Crippen LogP contribution in [0.4, 0.5) is 5.69 Å². The van der Waals surface area contributed by atoms with Crippen LogP contribution in [0.1, 0.15) is 38.3 Å². The maximum atomic E-state index is 13.0. The molecule has 0 atom stereocenters. The van der Waals surface area contributed by atoms with E-state index in [1.807, 2.05) is 49.4 Å². The fourth-order valence-electron chi connectivity index (χ4n) is 4.35. The van der Waals surface area contributed by atoms with Crippen LogP contribution < -0.4 is 5.32 Å². The molecule has 0 spiro atoms. The minimum absolute atomic E-state index is 0.127. The van der Waals surface area contributed by atoms with Gasteiger partial charge in [-0.15, -0.1) is 0 Å². The molecule has 0 radical (unpaired) electrons. The van der Waals surface area contributed by atoms with Gasteiger partial charge in [0, 0.05) is 55.7 Å². The van der Waals surface area contributed by atoms with Crippen LogP contribution in [0.3, 0.4) is 0 Å². The first-order valence-corrected chi connectivity index (χ1v) is 12.2. The number of carbonyl (C=O) groups excluding carboxylic acids is 1. The highest BCUT2D eigenvalue weighted by atomic mass is 16.1. The summed E-state index contributed by atoms with van der Waals surface area (Å²) in [5, 5.41) is 7.33. The molecule has 1 saturated heterocycles. The standard InChI is InChI=1S/C29H30N6O/c1-21-6-10-26(18-23(21)9-11-27-19-30-28-5-4-12-31-35(27)28)32-29(36)24-7-8-25(22(2)17-24)20-34-15-13-33(3)14-16-34/h4-8,10,12,17-19H,13-16,20H2,1-3H3,(H,32,36). The van der Waals surface area contributed by atoms with Gasteiger partial charge in [0.2, 0.25) is 0 Å². The number of aromatic nitrogens is 3. The van der Waals surface area contributed by atoms with Gasteiger partial charge >= 0.3 is 0 Å². The summed E-state index contributed by atoms with van der Waals surface area (Å²) in [5.41, 5.74) is 7.12. The molecule has 1 aliphatic heterocycles. The lowest BCUT2D eigenvalue weighted by molar-refractivity contribution is 0.102. The van der Waals surface area contributed by atoms with E-state index in [0.717, 1.165) is 55.1 Å². The number of rotatable bonds is 4. The zero-order chi connectivity index (χ0) is 25.1. The van der Waals surface area contributed by atoms with Crippen molar-refractivity contribution in [3.05, 3.63) is 94.4 Å². The third-order valence-corrected chi connectivity index (χ3v) is 6.69. The molecule has 0 aliphatic carbocycles. The number of benzene rings is 2. The Bertz CT molecular complexity index is 1470. The molecule has 7 heteroatoms. The van der Waals surface area contributed by atoms with Gasteiger partial charge in [0.05, 0.1) is 6.20 Å². The molecule has 1 aliphatic rings. The van der Waals surface area contributed by atoms with Crippen LogP contribution in [0.15, 0.2) is 60.9 Å². The number of nitrogens with zero attached hydrogens (tertiary/aromatic N) is 5. The number of likely N-dealkylation sites (N-methyl/N-ethyl adjacent to an activating group) is 1. The van der Waals surface area contributed by atoms with E-state index in [0.29, 0.717) is 16.9 Å². The van der Waals surface area contributed by atoms with Crippen LogP contribution in [0.2, 0.25) is 0 Å². The van der Waals surface area contributed by atoms with Gasteiger partial charge < -0.3 is 10.2 Å². The van der Waals surface area contributed by atoms with Crippen molar-refractivity contribution >= 4 is 17.2 Å². The van der Waals surface area contributed by atoms with Crippen LogP contribution in [0, 0.1) is 25.7 Å². The molecule has 1 fully saturated rings. The first-order valence-electron chi connectivity index (χ1n) is 12.2. The van der Waals surface area contributed by atoms with Crippen molar-refractivity contribution in [1.29, 1.82) is 0 Å². The minimum atomic E-state index is -0.127. The second kappa shape index (κ2) is 10.3. The smallest absolute Gasteiger partial charge is 0.255 e. The molecule has 182 valence electrons. The summed E-state index contributed by atoms with van der Waals surface area (Å²) in [4.78, 5) is 22.2. The topological polar surface area (TPSA) is 65.8 Å². The average molecular weight is 479 g/mol. The molecule has 1 amide bonds. The SMILES string of the molecule is Cc1ccc(NC(=O)c2ccc(CN3CCN(C)CC3)c(C)c2)cc1C#Cc1cnc2cccnn12. The molecule has 2 aromatic heterocycles. The molecule has 2 aromatic carbocycles. The zero-order valence-electron chi connectivity index (χ0n) is 21.0. The second-order valence-corrected chi connectivity index (χ2v) is 9.39. The molecule has 4 aromatic rings. The van der Waals surface area contributed by atoms with Crippen LogP contribution in [-0.2, 0) is 6.54 Å². The molecule has 0 unspecified atom stereocenters. The summed E-state index contributed by atoms with van der Waals surface area (Å²) in [6.07, 6.45) is 3.42. The van der Waals surface area contributed by atoms with E-state index in [9.17, 15) is 4.79 Å². The van der Waals surface area contributed by atoms with Gasteiger partial charge in [0.25, 0.3) is 5.91 Å². The highest BCUT2D eigenvalue weighted by molar-refractivity contribution is 6.04. The fraction of sp³-hybridized carbons (Fsp3) is 0.276. The van der Waals surface area contributed by atoms with E-state index in [-0.39, 0.29) is 5.91 Å². The molecule has 0 bridgehead atoms. The van der Waals surface area contributed by atoms with Gasteiger partial charge in [-0.05, 0) is 79.9 Å². The number of hydrogen-bond donors (Lipinski definition) is 1. The number of nitrogens with one attached hydrogen (secondary N) is 1. The van der Waals surface area contributed by atoms with Gasteiger partial charge in [0.1, 0.15) is 5.69 Å². The van der Waals surface area contributed by atoms with Crippen molar-refractivity contribution in [1.82, 2.24) is 24.4 Å². The normalized spacial score (nSPS) is 14.4. The Labute approximate surface area is 211 Å². The van der Waals surface area contributed by atoms with E-state index in [1.165, 1.54) is 5.56 Å². The molecule has 7 nitrogen and oxygen atoms in total. The Morgan fingerprint density at radius 1 is 1.00 bits per heavy atom. The zero-order valence-corrected chi connectivity index (χ0v) is 21.0. The number of imidazole rings is 1. The number of carbonyl (C=O) groups is 1. The molecule has 0 saturated carbocycles. The molecular formula is C29H30N6O. The summed E-state index contributed by atoms with van der Waals surface area (Å²) in [5.74, 6) is 6.24.